The highest BCUT2D eigenvalue weighted by Crippen LogP contribution is 2.45. The summed E-state index contributed by atoms with van der Waals surface area (Å²) in [5.41, 5.74) is 4.44. The van der Waals surface area contributed by atoms with Gasteiger partial charge in [0.1, 0.15) is 0 Å². The molecule has 3 aliphatic rings. The molecule has 2 aromatic carbocycles. The van der Waals surface area contributed by atoms with E-state index in [1.54, 1.807) is 0 Å². The maximum absolute atomic E-state index is 12.3. The van der Waals surface area contributed by atoms with Gasteiger partial charge in [0, 0.05) is 0 Å². The zero-order valence-corrected chi connectivity index (χ0v) is 29.8. The second-order valence-electron chi connectivity index (χ2n) is 15.1. The zero-order valence-electron chi connectivity index (χ0n) is 29.8. The Morgan fingerprint density at radius 3 is 2.35 bits per heavy atom. The number of unbranched alkanes of at least 4 members (excludes halogenated alkanes) is 4. The Kier molecular flexibility index (Phi) is 14.0. The topological polar surface area (TPSA) is 80.7 Å². The molecule has 49 heavy (non-hydrogen) atoms. The van der Waals surface area contributed by atoms with Gasteiger partial charge in [-0.2, -0.15) is 0 Å². The first-order valence-corrected chi connectivity index (χ1v) is 19.3. The van der Waals surface area contributed by atoms with Gasteiger partial charge in [0.25, 0.3) is 0 Å². The molecule has 0 aliphatic heterocycles. The lowest BCUT2D eigenvalue weighted by Gasteiger charge is -2.38. The molecule has 2 aromatic rings. The van der Waals surface area contributed by atoms with Crippen molar-refractivity contribution in [2.24, 2.45) is 29.6 Å². The molecule has 2 atom stereocenters. The minimum absolute atomic E-state index is 0.0286. The van der Waals surface area contributed by atoms with Gasteiger partial charge in [0.15, 0.2) is 11.6 Å². The van der Waals surface area contributed by atoms with Crippen molar-refractivity contribution >= 4 is 33.9 Å². The van der Waals surface area contributed by atoms with Crippen molar-refractivity contribution in [1.82, 2.24) is 0 Å². The summed E-state index contributed by atoms with van der Waals surface area (Å²) in [5, 5.41) is 11.7. The third-order valence-corrected chi connectivity index (χ3v) is 11.8. The molecule has 1 saturated carbocycles. The van der Waals surface area contributed by atoms with Gasteiger partial charge in [-0.15, -0.1) is 0 Å². The van der Waals surface area contributed by atoms with Crippen LogP contribution in [0, 0.1) is 29.6 Å². The molecule has 0 radical (unpaired) electrons. The molecule has 5 nitrogen and oxygen atoms in total. The molecule has 0 saturated heterocycles. The number of ether oxygens (including phenoxy) is 1. The van der Waals surface area contributed by atoms with Crippen molar-refractivity contribution in [2.75, 3.05) is 13.2 Å². The molecule has 0 bridgehead atoms. The Hall–Kier alpha value is -3.31. The van der Waals surface area contributed by atoms with Crippen molar-refractivity contribution in [1.29, 1.82) is 0 Å². The first-order valence-electron chi connectivity index (χ1n) is 19.3. The van der Waals surface area contributed by atoms with E-state index in [0.29, 0.717) is 24.9 Å². The summed E-state index contributed by atoms with van der Waals surface area (Å²) in [4.78, 5) is 36.3. The fourth-order valence-corrected chi connectivity index (χ4v) is 8.70. The summed E-state index contributed by atoms with van der Waals surface area (Å²) < 4.78 is 5.21. The maximum Gasteiger partial charge on any atom is 0.335 e. The van der Waals surface area contributed by atoms with Gasteiger partial charge in [-0.1, -0.05) is 82.0 Å². The molecule has 3 aliphatic carbocycles. The molecule has 1 fully saturated rings. The van der Waals surface area contributed by atoms with Crippen molar-refractivity contribution < 1.29 is 24.2 Å². The van der Waals surface area contributed by atoms with E-state index >= 15 is 0 Å². The summed E-state index contributed by atoms with van der Waals surface area (Å²) in [6.45, 7) is 5.73. The van der Waals surface area contributed by atoms with Gasteiger partial charge >= 0.3 is 5.97 Å². The summed E-state index contributed by atoms with van der Waals surface area (Å²) in [7, 11) is 0. The van der Waals surface area contributed by atoms with E-state index in [-0.39, 0.29) is 23.7 Å². The third-order valence-electron chi connectivity index (χ3n) is 11.8. The average Bonchev–Trinajstić information content (AvgIpc) is 3.46. The number of esters is 1. The molecule has 0 heterocycles. The first kappa shape index (κ1) is 37.0. The van der Waals surface area contributed by atoms with Crippen LogP contribution in [0.1, 0.15) is 121 Å². The number of aliphatic hydroxyl groups excluding tert-OH is 1. The number of hydrogen-bond donors (Lipinski definition) is 1. The highest BCUT2D eigenvalue weighted by Gasteiger charge is 2.34. The number of carbonyl (C=O) groups excluding carboxylic acids is 3. The summed E-state index contributed by atoms with van der Waals surface area (Å²) in [5.74, 6) is 1.64. The van der Waals surface area contributed by atoms with Gasteiger partial charge < -0.3 is 9.84 Å². The van der Waals surface area contributed by atoms with Crippen LogP contribution in [0.2, 0.25) is 0 Å². The molecule has 0 amide bonds. The van der Waals surface area contributed by atoms with E-state index in [1.807, 2.05) is 0 Å². The number of rotatable bonds is 18. The Bertz CT molecular complexity index is 1490. The van der Waals surface area contributed by atoms with Crippen LogP contribution in [0.4, 0.5) is 0 Å². The van der Waals surface area contributed by atoms with Gasteiger partial charge in [-0.25, -0.2) is 4.79 Å². The molecule has 1 N–H and O–H groups in total. The highest BCUT2D eigenvalue weighted by atomic mass is 16.5. The minimum Gasteiger partial charge on any atom is -0.462 e. The molecular weight excluding hydrogens is 608 g/mol. The average molecular weight is 667 g/mol. The summed E-state index contributed by atoms with van der Waals surface area (Å²) in [6, 6.07) is 14.1. The molecule has 5 heteroatoms. The Balaban J connectivity index is 1.10. The van der Waals surface area contributed by atoms with Crippen LogP contribution < -0.4 is 0 Å². The molecule has 0 spiro atoms. The van der Waals surface area contributed by atoms with E-state index in [2.05, 4.69) is 56.0 Å². The van der Waals surface area contributed by atoms with E-state index in [4.69, 9.17) is 9.84 Å². The quantitative estimate of drug-likeness (QED) is 0.0741. The van der Waals surface area contributed by atoms with Crippen LogP contribution in [0.15, 0.2) is 66.8 Å². The lowest BCUT2D eigenvalue weighted by Crippen LogP contribution is -2.27. The van der Waals surface area contributed by atoms with Gasteiger partial charge in [-0.05, 0) is 146 Å². The number of benzene rings is 2. The van der Waals surface area contributed by atoms with Gasteiger partial charge in [-0.3, -0.25) is 9.59 Å². The monoisotopic (exact) mass is 666 g/mol. The summed E-state index contributed by atoms with van der Waals surface area (Å²) in [6.07, 6.45) is 24.5. The van der Waals surface area contributed by atoms with Crippen LogP contribution in [0.3, 0.4) is 0 Å². The Morgan fingerprint density at radius 1 is 0.878 bits per heavy atom. The fourth-order valence-electron chi connectivity index (χ4n) is 8.70. The van der Waals surface area contributed by atoms with Crippen molar-refractivity contribution in [3.8, 4) is 0 Å². The zero-order chi connectivity index (χ0) is 34.6. The van der Waals surface area contributed by atoms with Crippen LogP contribution >= 0.6 is 0 Å². The molecule has 264 valence electrons. The minimum atomic E-state index is -0.526. The maximum atomic E-state index is 12.3. The van der Waals surface area contributed by atoms with Crippen molar-refractivity contribution in [2.45, 2.75) is 116 Å². The molecular formula is C44H58O5. The standard InChI is InChI=1S/C44H58O5/c1-3-4-6-9-32-11-12-40-29-39(22-21-38(40)28-32)37-19-17-36(18-20-37)35-15-13-34(14-16-35)33(23-24-41-42(46)25-26-43(41)47)10-7-5-8-27-49-44(48)31(2)30-45/h11-12,19,21-22,25-26,28-29,33-36,41,45H,2-10,13-18,20,23-24,27,30H2,1H3. The Labute approximate surface area is 294 Å². The van der Waals surface area contributed by atoms with E-state index in [9.17, 15) is 14.4 Å². The van der Waals surface area contributed by atoms with Crippen molar-refractivity contribution in [3.05, 3.63) is 77.9 Å². The Morgan fingerprint density at radius 2 is 1.63 bits per heavy atom. The molecule has 5 rings (SSSR count). The van der Waals surface area contributed by atoms with Crippen LogP contribution in [-0.4, -0.2) is 35.9 Å². The number of aryl methyl sites for hydroxylation is 1. The second-order valence-corrected chi connectivity index (χ2v) is 15.1. The lowest BCUT2D eigenvalue weighted by atomic mass is 9.67. The van der Waals surface area contributed by atoms with E-state index < -0.39 is 11.9 Å². The number of carbonyl (C=O) groups is 3. The second kappa shape index (κ2) is 18.6. The molecule has 2 unspecified atom stereocenters. The van der Waals surface area contributed by atoms with E-state index in [0.717, 1.165) is 50.4 Å². The third kappa shape index (κ3) is 10.4. The lowest BCUT2D eigenvalue weighted by molar-refractivity contribution is -0.139. The normalized spacial score (nSPS) is 22.0. The van der Waals surface area contributed by atoms with Crippen molar-refractivity contribution in [3.63, 3.8) is 0 Å². The number of aliphatic hydroxyl groups is 1. The largest absolute Gasteiger partial charge is 0.462 e. The van der Waals surface area contributed by atoms with Gasteiger partial charge in [0.2, 0.25) is 0 Å². The first-order chi connectivity index (χ1) is 23.9. The van der Waals surface area contributed by atoms with Crippen LogP contribution in [0.5, 0.6) is 0 Å². The van der Waals surface area contributed by atoms with Gasteiger partial charge in [0.05, 0.1) is 24.7 Å². The predicted octanol–water partition coefficient (Wildman–Crippen LogP) is 9.94. The number of ketones is 2. The van der Waals surface area contributed by atoms with Crippen LogP contribution in [-0.2, 0) is 25.5 Å². The molecule has 0 aromatic heterocycles. The SMILES string of the molecule is C=C(CO)C(=O)OCCCCCC(CCC1C(=O)C=CC1=O)C1CCC(C2CC=C(c3ccc4cc(CCCCC)ccc4c3)CC2)CC1. The fraction of sp³-hybridized carbons (Fsp3) is 0.568. The number of hydrogen-bond acceptors (Lipinski definition) is 5. The van der Waals surface area contributed by atoms with E-state index in [1.165, 1.54) is 104 Å². The predicted molar refractivity (Wildman–Crippen MR) is 199 cm³/mol. The smallest absolute Gasteiger partial charge is 0.335 e. The number of allylic oxidation sites excluding steroid dienone is 4. The number of fused-ring (bicyclic) bond motifs is 1. The highest BCUT2D eigenvalue weighted by molar-refractivity contribution is 6.18. The summed E-state index contributed by atoms with van der Waals surface area (Å²) >= 11 is 0. The van der Waals surface area contributed by atoms with Crippen LogP contribution in [0.25, 0.3) is 16.3 Å².